The van der Waals surface area contributed by atoms with Gasteiger partial charge in [-0.05, 0) is 19.3 Å². The second-order valence-electron chi connectivity index (χ2n) is 8.64. The van der Waals surface area contributed by atoms with Gasteiger partial charge in [-0.3, -0.25) is 14.4 Å². The van der Waals surface area contributed by atoms with E-state index in [0.29, 0.717) is 32.5 Å². The van der Waals surface area contributed by atoms with Gasteiger partial charge in [-0.15, -0.1) is 6.58 Å². The van der Waals surface area contributed by atoms with Crippen molar-refractivity contribution in [2.24, 2.45) is 11.8 Å². The summed E-state index contributed by atoms with van der Waals surface area (Å²) in [7, 11) is 0. The lowest BCUT2D eigenvalue weighted by Gasteiger charge is -2.36. The number of fused-ring (bicyclic) bond motifs is 1. The van der Waals surface area contributed by atoms with Gasteiger partial charge in [0.2, 0.25) is 11.8 Å². The van der Waals surface area contributed by atoms with E-state index in [4.69, 9.17) is 9.84 Å². The van der Waals surface area contributed by atoms with Crippen molar-refractivity contribution < 1.29 is 29.3 Å². The molecule has 5 unspecified atom stereocenters. The minimum atomic E-state index is -1.22. The number of carbonyl (C=O) groups is 3. The van der Waals surface area contributed by atoms with Crippen molar-refractivity contribution in [3.05, 3.63) is 24.8 Å². The van der Waals surface area contributed by atoms with E-state index in [9.17, 15) is 19.5 Å². The molecule has 2 amide bonds. The van der Waals surface area contributed by atoms with Crippen LogP contribution >= 0.6 is 0 Å². The molecule has 0 aromatic rings. The molecule has 1 spiro atoms. The van der Waals surface area contributed by atoms with Crippen LogP contribution in [-0.4, -0.2) is 81.8 Å². The number of unbranched alkanes of at least 4 members (excludes halogenated alkanes) is 4. The number of carboxylic acids is 1. The molecule has 3 heterocycles. The van der Waals surface area contributed by atoms with Gasteiger partial charge in [0, 0.05) is 26.2 Å². The fourth-order valence-electron chi connectivity index (χ4n) is 5.19. The van der Waals surface area contributed by atoms with Crippen LogP contribution in [0.5, 0.6) is 0 Å². The highest BCUT2D eigenvalue weighted by molar-refractivity contribution is 5.99. The summed E-state index contributed by atoms with van der Waals surface area (Å²) >= 11 is 0. The average Bonchev–Trinajstić information content (AvgIpc) is 3.38. The zero-order chi connectivity index (χ0) is 22.6. The first-order valence-corrected chi connectivity index (χ1v) is 11.3. The summed E-state index contributed by atoms with van der Waals surface area (Å²) in [6.07, 6.45) is 9.20. The van der Waals surface area contributed by atoms with Gasteiger partial charge in [0.05, 0.1) is 12.0 Å². The highest BCUT2D eigenvalue weighted by Crippen LogP contribution is 2.55. The predicted octanol–water partition coefficient (Wildman–Crippen LogP) is 1.59. The Morgan fingerprint density at radius 3 is 2.68 bits per heavy atom. The van der Waals surface area contributed by atoms with E-state index in [-0.39, 0.29) is 18.4 Å². The Bertz CT molecular complexity index is 738. The van der Waals surface area contributed by atoms with E-state index in [1.54, 1.807) is 28.0 Å². The highest BCUT2D eigenvalue weighted by Gasteiger charge is 2.73. The molecule has 5 atom stereocenters. The molecule has 3 aliphatic heterocycles. The normalized spacial score (nSPS) is 30.6. The second-order valence-corrected chi connectivity index (χ2v) is 8.64. The molecule has 8 nitrogen and oxygen atoms in total. The van der Waals surface area contributed by atoms with Gasteiger partial charge in [-0.1, -0.05) is 44.4 Å². The fourth-order valence-corrected chi connectivity index (χ4v) is 5.19. The maximum atomic E-state index is 13.7. The zero-order valence-electron chi connectivity index (χ0n) is 18.2. The SMILES string of the molecule is C=CCN(CCCC)C(=O)C1N(CCCCCCO)C(=O)C2C(C(=O)O)C3C=CC21O3. The smallest absolute Gasteiger partial charge is 0.310 e. The average molecular weight is 435 g/mol. The van der Waals surface area contributed by atoms with Crippen LogP contribution in [0.15, 0.2) is 24.8 Å². The molecule has 8 heteroatoms. The lowest BCUT2D eigenvalue weighted by Crippen LogP contribution is -2.56. The van der Waals surface area contributed by atoms with Crippen molar-refractivity contribution in [1.82, 2.24) is 9.80 Å². The number of aliphatic carboxylic acids is 1. The monoisotopic (exact) mass is 434 g/mol. The largest absolute Gasteiger partial charge is 0.481 e. The number of hydrogen-bond donors (Lipinski definition) is 2. The summed E-state index contributed by atoms with van der Waals surface area (Å²) in [5, 5.41) is 18.7. The predicted molar refractivity (Wildman–Crippen MR) is 114 cm³/mol. The van der Waals surface area contributed by atoms with E-state index >= 15 is 0 Å². The van der Waals surface area contributed by atoms with Crippen LogP contribution in [-0.2, 0) is 19.1 Å². The van der Waals surface area contributed by atoms with Crippen LogP contribution in [0.4, 0.5) is 0 Å². The third-order valence-electron chi connectivity index (χ3n) is 6.64. The topological polar surface area (TPSA) is 107 Å². The van der Waals surface area contributed by atoms with Crippen molar-refractivity contribution in [3.8, 4) is 0 Å². The Labute approximate surface area is 183 Å². The standard InChI is InChI=1S/C23H34N2O6/c1-3-5-13-24(12-4-2)21(28)19-23-11-10-16(31-23)17(22(29)30)18(23)20(27)25(19)14-8-6-7-9-15-26/h4,10-11,16-19,26H,2-3,5-9,12-15H2,1H3,(H,29,30). The van der Waals surface area contributed by atoms with Crippen LogP contribution in [0.2, 0.25) is 0 Å². The van der Waals surface area contributed by atoms with E-state index in [0.717, 1.165) is 25.7 Å². The number of ether oxygens (including phenoxy) is 1. The number of aliphatic hydroxyl groups is 1. The maximum Gasteiger partial charge on any atom is 0.310 e. The van der Waals surface area contributed by atoms with Crippen LogP contribution < -0.4 is 0 Å². The van der Waals surface area contributed by atoms with Crippen LogP contribution in [0, 0.1) is 11.8 Å². The van der Waals surface area contributed by atoms with Crippen molar-refractivity contribution in [2.75, 3.05) is 26.2 Å². The molecule has 3 aliphatic rings. The van der Waals surface area contributed by atoms with Gasteiger partial charge in [-0.25, -0.2) is 0 Å². The first-order chi connectivity index (χ1) is 14.9. The van der Waals surface area contributed by atoms with Crippen LogP contribution in [0.1, 0.15) is 45.4 Å². The number of carbonyl (C=O) groups excluding carboxylic acids is 2. The summed E-state index contributed by atoms with van der Waals surface area (Å²) in [6, 6.07) is -0.870. The van der Waals surface area contributed by atoms with E-state index in [2.05, 4.69) is 6.58 Å². The molecular formula is C23H34N2O6. The molecule has 0 aromatic heterocycles. The van der Waals surface area contributed by atoms with Crippen molar-refractivity contribution >= 4 is 17.8 Å². The zero-order valence-corrected chi connectivity index (χ0v) is 18.2. The van der Waals surface area contributed by atoms with Crippen molar-refractivity contribution in [3.63, 3.8) is 0 Å². The second kappa shape index (κ2) is 9.96. The van der Waals surface area contributed by atoms with Gasteiger partial charge >= 0.3 is 5.97 Å². The first kappa shape index (κ1) is 23.5. The van der Waals surface area contributed by atoms with Gasteiger partial charge in [0.15, 0.2) is 0 Å². The van der Waals surface area contributed by atoms with E-state index < -0.39 is 35.6 Å². The number of amides is 2. The summed E-state index contributed by atoms with van der Waals surface area (Å²) in [5.74, 6) is -3.46. The molecule has 2 saturated heterocycles. The fraction of sp³-hybridized carbons (Fsp3) is 0.696. The Morgan fingerprint density at radius 2 is 2.03 bits per heavy atom. The number of rotatable bonds is 13. The summed E-state index contributed by atoms with van der Waals surface area (Å²) < 4.78 is 6.11. The Morgan fingerprint density at radius 1 is 1.29 bits per heavy atom. The molecule has 2 bridgehead atoms. The highest BCUT2D eigenvalue weighted by atomic mass is 16.5. The molecule has 2 N–H and O–H groups in total. The minimum absolute atomic E-state index is 0.128. The lowest BCUT2D eigenvalue weighted by molar-refractivity contribution is -0.150. The van der Waals surface area contributed by atoms with Crippen LogP contribution in [0.3, 0.4) is 0 Å². The Hall–Kier alpha value is -2.19. The van der Waals surface area contributed by atoms with Crippen molar-refractivity contribution in [1.29, 1.82) is 0 Å². The Kier molecular flexibility index (Phi) is 7.54. The molecule has 31 heavy (non-hydrogen) atoms. The summed E-state index contributed by atoms with van der Waals surface area (Å²) in [6.45, 7) is 7.21. The molecule has 172 valence electrons. The van der Waals surface area contributed by atoms with E-state index in [1.165, 1.54) is 0 Å². The molecular weight excluding hydrogens is 400 g/mol. The van der Waals surface area contributed by atoms with E-state index in [1.807, 2.05) is 6.92 Å². The number of nitrogens with zero attached hydrogens (tertiary/aromatic N) is 2. The lowest BCUT2D eigenvalue weighted by atomic mass is 9.74. The minimum Gasteiger partial charge on any atom is -0.481 e. The Balaban J connectivity index is 1.90. The third kappa shape index (κ3) is 4.15. The van der Waals surface area contributed by atoms with Crippen LogP contribution in [0.25, 0.3) is 0 Å². The summed E-state index contributed by atoms with van der Waals surface area (Å²) in [5.41, 5.74) is -1.22. The number of aliphatic hydroxyl groups excluding tert-OH is 1. The number of likely N-dealkylation sites (tertiary alicyclic amines) is 1. The molecule has 2 fully saturated rings. The molecule has 0 radical (unpaired) electrons. The quantitative estimate of drug-likeness (QED) is 0.337. The summed E-state index contributed by atoms with van der Waals surface area (Å²) in [4.78, 5) is 42.4. The molecule has 0 saturated carbocycles. The molecule has 3 rings (SSSR count). The van der Waals surface area contributed by atoms with Gasteiger partial charge in [0.1, 0.15) is 17.6 Å². The number of hydrogen-bond acceptors (Lipinski definition) is 5. The third-order valence-corrected chi connectivity index (χ3v) is 6.64. The maximum absolute atomic E-state index is 13.7. The molecule has 0 aromatic carbocycles. The van der Waals surface area contributed by atoms with Gasteiger partial charge in [0.25, 0.3) is 0 Å². The van der Waals surface area contributed by atoms with Gasteiger partial charge in [-0.2, -0.15) is 0 Å². The first-order valence-electron chi connectivity index (χ1n) is 11.3. The number of carboxylic acid groups (broad SMARTS) is 1. The van der Waals surface area contributed by atoms with Crippen molar-refractivity contribution in [2.45, 2.75) is 63.2 Å². The van der Waals surface area contributed by atoms with Gasteiger partial charge < -0.3 is 24.7 Å². The molecule has 0 aliphatic carbocycles.